The molecule has 152 valence electrons. The summed E-state index contributed by atoms with van der Waals surface area (Å²) in [5.74, 6) is -1.96. The van der Waals surface area contributed by atoms with Crippen molar-refractivity contribution in [3.8, 4) is 0 Å². The summed E-state index contributed by atoms with van der Waals surface area (Å²) in [6.07, 6.45) is 4.64. The lowest BCUT2D eigenvalue weighted by molar-refractivity contribution is 0.100. The van der Waals surface area contributed by atoms with E-state index in [4.69, 9.17) is 5.73 Å². The third-order valence-corrected chi connectivity index (χ3v) is 4.07. The average molecular weight is 401 g/mol. The Kier molecular flexibility index (Phi) is 5.44. The molecule has 2 heterocycles. The number of halogens is 2. The van der Waals surface area contributed by atoms with Crippen molar-refractivity contribution in [1.29, 1.82) is 0 Å². The number of carbonyl (C=O) groups is 1. The smallest absolute Gasteiger partial charge is 0.254 e. The monoisotopic (exact) mass is 401 g/mol. The Morgan fingerprint density at radius 3 is 2.48 bits per heavy atom. The van der Waals surface area contributed by atoms with E-state index in [-0.39, 0.29) is 35.0 Å². The summed E-state index contributed by atoms with van der Waals surface area (Å²) in [5, 5.41) is 10.0. The minimum absolute atomic E-state index is 0.00214. The van der Waals surface area contributed by atoms with Crippen molar-refractivity contribution in [3.05, 3.63) is 59.6 Å². The van der Waals surface area contributed by atoms with Crippen molar-refractivity contribution in [2.24, 2.45) is 5.73 Å². The second-order valence-electron chi connectivity index (χ2n) is 7.34. The summed E-state index contributed by atoms with van der Waals surface area (Å²) in [4.78, 5) is 20.0. The van der Waals surface area contributed by atoms with Gasteiger partial charge in [-0.3, -0.25) is 9.48 Å². The Hall–Kier alpha value is -3.56. The van der Waals surface area contributed by atoms with Crippen LogP contribution in [0.1, 0.15) is 36.7 Å². The van der Waals surface area contributed by atoms with Gasteiger partial charge >= 0.3 is 0 Å². The number of anilines is 3. The highest BCUT2D eigenvalue weighted by molar-refractivity contribution is 5.97. The Bertz CT molecular complexity index is 1020. The van der Waals surface area contributed by atoms with Gasteiger partial charge in [-0.1, -0.05) is 6.07 Å². The molecule has 0 aliphatic carbocycles. The van der Waals surface area contributed by atoms with Gasteiger partial charge in [0.15, 0.2) is 0 Å². The van der Waals surface area contributed by atoms with Gasteiger partial charge in [-0.2, -0.15) is 10.1 Å². The molecular formula is C19H21F2N7O. The van der Waals surface area contributed by atoms with Crippen LogP contribution in [0.4, 0.5) is 26.2 Å². The maximum atomic E-state index is 13.9. The van der Waals surface area contributed by atoms with E-state index in [1.54, 1.807) is 17.1 Å². The second kappa shape index (κ2) is 7.82. The number of aromatic nitrogens is 4. The van der Waals surface area contributed by atoms with Crippen molar-refractivity contribution in [2.75, 3.05) is 10.6 Å². The van der Waals surface area contributed by atoms with Gasteiger partial charge in [-0.25, -0.2) is 13.8 Å². The summed E-state index contributed by atoms with van der Waals surface area (Å²) in [6.45, 7) is 5.79. The molecule has 8 nitrogen and oxygen atoms in total. The first kappa shape index (κ1) is 20.2. The SMILES string of the molecule is CC(C)(C)n1cc(Nc2ncc(C(N)=O)c(NCc3c(F)cccc3F)n2)cn1. The van der Waals surface area contributed by atoms with E-state index in [1.165, 1.54) is 12.3 Å². The maximum Gasteiger partial charge on any atom is 0.254 e. The summed E-state index contributed by atoms with van der Waals surface area (Å²) in [6, 6.07) is 3.57. The third kappa shape index (κ3) is 4.65. The highest BCUT2D eigenvalue weighted by Crippen LogP contribution is 2.21. The van der Waals surface area contributed by atoms with Gasteiger partial charge < -0.3 is 16.4 Å². The van der Waals surface area contributed by atoms with Crippen molar-refractivity contribution in [1.82, 2.24) is 19.7 Å². The van der Waals surface area contributed by atoms with Crippen LogP contribution in [0.15, 0.2) is 36.8 Å². The van der Waals surface area contributed by atoms with E-state index in [0.29, 0.717) is 5.69 Å². The van der Waals surface area contributed by atoms with E-state index >= 15 is 0 Å². The number of nitrogens with one attached hydrogen (secondary N) is 2. The summed E-state index contributed by atoms with van der Waals surface area (Å²) < 4.78 is 29.5. The molecule has 0 saturated heterocycles. The van der Waals surface area contributed by atoms with E-state index < -0.39 is 17.5 Å². The number of amides is 1. The molecule has 29 heavy (non-hydrogen) atoms. The molecule has 3 rings (SSSR count). The van der Waals surface area contributed by atoms with Gasteiger partial charge in [0.2, 0.25) is 5.95 Å². The molecule has 0 fully saturated rings. The van der Waals surface area contributed by atoms with Crippen molar-refractivity contribution >= 4 is 23.4 Å². The predicted molar refractivity (Wildman–Crippen MR) is 105 cm³/mol. The third-order valence-electron chi connectivity index (χ3n) is 4.07. The molecule has 0 unspecified atom stereocenters. The molecule has 10 heteroatoms. The Morgan fingerprint density at radius 2 is 1.90 bits per heavy atom. The fraction of sp³-hybridized carbons (Fsp3) is 0.263. The van der Waals surface area contributed by atoms with Gasteiger partial charge in [-0.15, -0.1) is 0 Å². The average Bonchev–Trinajstić information content (AvgIpc) is 3.10. The summed E-state index contributed by atoms with van der Waals surface area (Å²) in [5.41, 5.74) is 5.61. The molecular weight excluding hydrogens is 380 g/mol. The second-order valence-corrected chi connectivity index (χ2v) is 7.34. The van der Waals surface area contributed by atoms with Crippen LogP contribution in [0.2, 0.25) is 0 Å². The highest BCUT2D eigenvalue weighted by Gasteiger charge is 2.17. The Balaban J connectivity index is 1.84. The standard InChI is InChI=1S/C19H21F2N7O/c1-19(2,3)28-10-11(7-25-28)26-18-24-9-13(16(22)29)17(27-18)23-8-12-14(20)5-4-6-15(12)21/h4-7,9-10H,8H2,1-3H3,(H2,22,29)(H2,23,24,26,27). The molecule has 1 amide bonds. The zero-order valence-electron chi connectivity index (χ0n) is 16.2. The number of hydrogen-bond donors (Lipinski definition) is 3. The fourth-order valence-electron chi connectivity index (χ4n) is 2.51. The largest absolute Gasteiger partial charge is 0.365 e. The molecule has 0 bridgehead atoms. The number of carbonyl (C=O) groups excluding carboxylic acids is 1. The van der Waals surface area contributed by atoms with Crippen LogP contribution in [-0.2, 0) is 12.1 Å². The molecule has 4 N–H and O–H groups in total. The van der Waals surface area contributed by atoms with Gasteiger partial charge in [0.1, 0.15) is 17.5 Å². The van der Waals surface area contributed by atoms with Gasteiger partial charge in [0.25, 0.3) is 5.91 Å². The lowest BCUT2D eigenvalue weighted by Gasteiger charge is -2.18. The van der Waals surface area contributed by atoms with Crippen LogP contribution in [0, 0.1) is 11.6 Å². The molecule has 0 aliphatic heterocycles. The fourth-order valence-corrected chi connectivity index (χ4v) is 2.51. The minimum Gasteiger partial charge on any atom is -0.365 e. The number of nitrogens with two attached hydrogens (primary N) is 1. The maximum absolute atomic E-state index is 13.9. The molecule has 2 aromatic heterocycles. The van der Waals surface area contributed by atoms with Gasteiger partial charge in [-0.05, 0) is 32.9 Å². The van der Waals surface area contributed by atoms with Crippen LogP contribution in [0.3, 0.4) is 0 Å². The molecule has 0 aliphatic rings. The predicted octanol–water partition coefficient (Wildman–Crippen LogP) is 3.16. The summed E-state index contributed by atoms with van der Waals surface area (Å²) in [7, 11) is 0. The van der Waals surface area contributed by atoms with Crippen molar-refractivity contribution in [3.63, 3.8) is 0 Å². The van der Waals surface area contributed by atoms with E-state index in [2.05, 4.69) is 25.7 Å². The molecule has 0 spiro atoms. The minimum atomic E-state index is -0.770. The van der Waals surface area contributed by atoms with Crippen molar-refractivity contribution in [2.45, 2.75) is 32.9 Å². The van der Waals surface area contributed by atoms with Crippen LogP contribution >= 0.6 is 0 Å². The lowest BCUT2D eigenvalue weighted by atomic mass is 10.1. The van der Waals surface area contributed by atoms with Crippen LogP contribution in [-0.4, -0.2) is 25.7 Å². The van der Waals surface area contributed by atoms with Crippen molar-refractivity contribution < 1.29 is 13.6 Å². The van der Waals surface area contributed by atoms with Gasteiger partial charge in [0.05, 0.1) is 23.0 Å². The molecule has 0 radical (unpaired) electrons. The molecule has 0 atom stereocenters. The first-order valence-corrected chi connectivity index (χ1v) is 8.81. The highest BCUT2D eigenvalue weighted by atomic mass is 19.1. The van der Waals surface area contributed by atoms with Crippen LogP contribution < -0.4 is 16.4 Å². The van der Waals surface area contributed by atoms with E-state index in [1.807, 2.05) is 20.8 Å². The number of primary amides is 1. The molecule has 3 aromatic rings. The van der Waals surface area contributed by atoms with Crippen LogP contribution in [0.25, 0.3) is 0 Å². The zero-order chi connectivity index (χ0) is 21.2. The quantitative estimate of drug-likeness (QED) is 0.585. The van der Waals surface area contributed by atoms with Gasteiger partial charge in [0, 0.05) is 24.5 Å². The van der Waals surface area contributed by atoms with E-state index in [9.17, 15) is 13.6 Å². The first-order chi connectivity index (χ1) is 13.6. The van der Waals surface area contributed by atoms with Crippen LogP contribution in [0.5, 0.6) is 0 Å². The molecule has 0 saturated carbocycles. The number of hydrogen-bond acceptors (Lipinski definition) is 6. The normalized spacial score (nSPS) is 11.3. The summed E-state index contributed by atoms with van der Waals surface area (Å²) >= 11 is 0. The Morgan fingerprint density at radius 1 is 1.21 bits per heavy atom. The lowest BCUT2D eigenvalue weighted by Crippen LogP contribution is -2.21. The first-order valence-electron chi connectivity index (χ1n) is 8.81. The van der Waals surface area contributed by atoms with E-state index in [0.717, 1.165) is 12.1 Å². The zero-order valence-corrected chi connectivity index (χ0v) is 16.2. The number of rotatable bonds is 6. The molecule has 1 aromatic carbocycles. The Labute approximate surface area is 166 Å². The topological polar surface area (TPSA) is 111 Å². The number of benzene rings is 1. The number of nitrogens with zero attached hydrogens (tertiary/aromatic N) is 4.